The van der Waals surface area contributed by atoms with Crippen LogP contribution >= 0.6 is 22.6 Å². The molecule has 0 unspecified atom stereocenters. The van der Waals surface area contributed by atoms with Gasteiger partial charge in [-0.2, -0.15) is 5.26 Å². The highest BCUT2D eigenvalue weighted by Gasteiger charge is 2.04. The monoisotopic (exact) mass is 269 g/mol. The molecule has 58 valence electrons. The molecule has 0 fully saturated rings. The van der Waals surface area contributed by atoms with Gasteiger partial charge in [-0.05, 0) is 22.6 Å². The van der Waals surface area contributed by atoms with Crippen molar-refractivity contribution in [3.05, 3.63) is 27.7 Å². The third kappa shape index (κ3) is 0.975. The lowest BCUT2D eigenvalue weighted by Gasteiger charge is -1.90. The molecule has 12 heavy (non-hydrogen) atoms. The highest BCUT2D eigenvalue weighted by molar-refractivity contribution is 14.1. The van der Waals surface area contributed by atoms with Crippen LogP contribution in [0.15, 0.2) is 18.6 Å². The van der Waals surface area contributed by atoms with Gasteiger partial charge in [-0.25, -0.2) is 0 Å². The van der Waals surface area contributed by atoms with Crippen molar-refractivity contribution in [1.29, 1.82) is 5.26 Å². The van der Waals surface area contributed by atoms with Gasteiger partial charge in [0.1, 0.15) is 6.07 Å². The standard InChI is InChI=1S/C8H4IN3/c9-7-4-12-8-5(1-10)2-11-3-6(7)8/h2-4,12H. The zero-order chi connectivity index (χ0) is 8.55. The van der Waals surface area contributed by atoms with Crippen LogP contribution in [0, 0.1) is 14.9 Å². The minimum atomic E-state index is 0.593. The summed E-state index contributed by atoms with van der Waals surface area (Å²) < 4.78 is 1.09. The van der Waals surface area contributed by atoms with Crippen LogP contribution in [-0.2, 0) is 0 Å². The maximum atomic E-state index is 8.73. The van der Waals surface area contributed by atoms with Crippen LogP contribution in [0.2, 0.25) is 0 Å². The number of pyridine rings is 1. The molecule has 0 saturated carbocycles. The zero-order valence-corrected chi connectivity index (χ0v) is 8.16. The summed E-state index contributed by atoms with van der Waals surface area (Å²) in [6.07, 6.45) is 5.19. The predicted molar refractivity (Wildman–Crippen MR) is 53.5 cm³/mol. The molecule has 0 amide bonds. The van der Waals surface area contributed by atoms with Crippen molar-refractivity contribution in [2.75, 3.05) is 0 Å². The molecule has 0 atom stereocenters. The Morgan fingerprint density at radius 2 is 2.33 bits per heavy atom. The van der Waals surface area contributed by atoms with Crippen molar-refractivity contribution in [2.45, 2.75) is 0 Å². The van der Waals surface area contributed by atoms with E-state index in [4.69, 9.17) is 5.26 Å². The highest BCUT2D eigenvalue weighted by Crippen LogP contribution is 2.20. The summed E-state index contributed by atoms with van der Waals surface area (Å²) in [4.78, 5) is 7.01. The van der Waals surface area contributed by atoms with Crippen LogP contribution in [0.25, 0.3) is 10.9 Å². The second-order valence-electron chi connectivity index (χ2n) is 2.36. The number of nitrogens with one attached hydrogen (secondary N) is 1. The van der Waals surface area contributed by atoms with Gasteiger partial charge in [0.2, 0.25) is 0 Å². The lowest BCUT2D eigenvalue weighted by atomic mass is 10.2. The van der Waals surface area contributed by atoms with Crippen molar-refractivity contribution < 1.29 is 0 Å². The van der Waals surface area contributed by atoms with E-state index in [1.165, 1.54) is 0 Å². The van der Waals surface area contributed by atoms with Gasteiger partial charge in [0, 0.05) is 27.5 Å². The molecule has 0 saturated heterocycles. The average molecular weight is 269 g/mol. The van der Waals surface area contributed by atoms with Crippen LogP contribution in [-0.4, -0.2) is 9.97 Å². The largest absolute Gasteiger partial charge is 0.359 e. The Morgan fingerprint density at radius 1 is 1.50 bits per heavy atom. The lowest BCUT2D eigenvalue weighted by molar-refractivity contribution is 1.33. The highest BCUT2D eigenvalue weighted by atomic mass is 127. The first-order valence-corrected chi connectivity index (χ1v) is 4.41. The van der Waals surface area contributed by atoms with Gasteiger partial charge in [-0.3, -0.25) is 4.98 Å². The van der Waals surface area contributed by atoms with Gasteiger partial charge in [0.25, 0.3) is 0 Å². The number of halogens is 1. The molecule has 0 bridgehead atoms. The quantitative estimate of drug-likeness (QED) is 0.744. The number of nitrogens with zero attached hydrogens (tertiary/aromatic N) is 2. The van der Waals surface area contributed by atoms with E-state index < -0.39 is 0 Å². The zero-order valence-electron chi connectivity index (χ0n) is 6.00. The Balaban J connectivity index is 2.92. The number of hydrogen-bond acceptors (Lipinski definition) is 2. The van der Waals surface area contributed by atoms with Crippen LogP contribution < -0.4 is 0 Å². The maximum Gasteiger partial charge on any atom is 0.103 e. The fourth-order valence-corrected chi connectivity index (χ4v) is 1.66. The number of aromatic nitrogens is 2. The van der Waals surface area contributed by atoms with Crippen molar-refractivity contribution in [1.82, 2.24) is 9.97 Å². The van der Waals surface area contributed by atoms with Gasteiger partial charge in [-0.15, -0.1) is 0 Å². The molecule has 4 heteroatoms. The molecular weight excluding hydrogens is 265 g/mol. The molecule has 3 nitrogen and oxygen atoms in total. The fourth-order valence-electron chi connectivity index (χ4n) is 1.10. The Morgan fingerprint density at radius 3 is 3.08 bits per heavy atom. The Bertz CT molecular complexity index is 467. The summed E-state index contributed by atoms with van der Waals surface area (Å²) in [6.45, 7) is 0. The van der Waals surface area contributed by atoms with Crippen molar-refractivity contribution in [3.8, 4) is 6.07 Å². The summed E-state index contributed by atoms with van der Waals surface area (Å²) in [5.74, 6) is 0. The number of H-pyrrole nitrogens is 1. The topological polar surface area (TPSA) is 52.5 Å². The molecule has 2 aromatic heterocycles. The third-order valence-corrected chi connectivity index (χ3v) is 2.56. The Kier molecular flexibility index (Phi) is 1.73. The number of fused-ring (bicyclic) bond motifs is 1. The first-order valence-electron chi connectivity index (χ1n) is 3.33. The molecule has 0 radical (unpaired) electrons. The van der Waals surface area contributed by atoms with Gasteiger partial charge in [0.15, 0.2) is 0 Å². The summed E-state index contributed by atoms with van der Waals surface area (Å²) in [6, 6.07) is 2.09. The molecular formula is C8H4IN3. The minimum Gasteiger partial charge on any atom is -0.359 e. The number of aromatic amines is 1. The van der Waals surface area contributed by atoms with Crippen LogP contribution in [0.4, 0.5) is 0 Å². The molecule has 0 aromatic carbocycles. The van der Waals surface area contributed by atoms with Gasteiger partial charge >= 0.3 is 0 Å². The van der Waals surface area contributed by atoms with Crippen molar-refractivity contribution in [3.63, 3.8) is 0 Å². The third-order valence-electron chi connectivity index (χ3n) is 1.67. The van der Waals surface area contributed by atoms with E-state index >= 15 is 0 Å². The van der Waals surface area contributed by atoms with Crippen molar-refractivity contribution >= 4 is 33.5 Å². The summed E-state index contributed by atoms with van der Waals surface area (Å²) in [7, 11) is 0. The molecule has 1 N–H and O–H groups in total. The summed E-state index contributed by atoms with van der Waals surface area (Å²) in [5.41, 5.74) is 1.47. The number of hydrogen-bond donors (Lipinski definition) is 1. The average Bonchev–Trinajstić information content (AvgIpc) is 2.48. The van der Waals surface area contributed by atoms with Crippen LogP contribution in [0.1, 0.15) is 5.56 Å². The molecule has 0 aliphatic rings. The molecule has 2 rings (SSSR count). The first kappa shape index (κ1) is 7.55. The van der Waals surface area contributed by atoms with Gasteiger partial charge < -0.3 is 4.98 Å². The van der Waals surface area contributed by atoms with Gasteiger partial charge in [-0.1, -0.05) is 0 Å². The molecule has 2 aromatic rings. The number of rotatable bonds is 0. The second kappa shape index (κ2) is 2.75. The van der Waals surface area contributed by atoms with E-state index in [-0.39, 0.29) is 0 Å². The minimum absolute atomic E-state index is 0.593. The Hall–Kier alpha value is -1.09. The van der Waals surface area contributed by atoms with Crippen LogP contribution in [0.3, 0.4) is 0 Å². The van der Waals surface area contributed by atoms with E-state index in [2.05, 4.69) is 38.6 Å². The summed E-state index contributed by atoms with van der Waals surface area (Å²) >= 11 is 2.21. The molecule has 2 heterocycles. The van der Waals surface area contributed by atoms with E-state index in [1.54, 1.807) is 12.4 Å². The molecule has 0 aliphatic heterocycles. The fraction of sp³-hybridized carbons (Fsp3) is 0. The van der Waals surface area contributed by atoms with E-state index in [1.807, 2.05) is 6.20 Å². The van der Waals surface area contributed by atoms with E-state index in [0.29, 0.717) is 5.56 Å². The normalized spacial score (nSPS) is 10.0. The Labute approximate surface area is 82.6 Å². The maximum absolute atomic E-state index is 8.73. The van der Waals surface area contributed by atoms with Gasteiger partial charge in [0.05, 0.1) is 11.1 Å². The SMILES string of the molecule is N#Cc1cncc2c(I)c[nH]c12. The lowest BCUT2D eigenvalue weighted by Crippen LogP contribution is -1.80. The van der Waals surface area contributed by atoms with Crippen molar-refractivity contribution in [2.24, 2.45) is 0 Å². The molecule has 0 aliphatic carbocycles. The predicted octanol–water partition coefficient (Wildman–Crippen LogP) is 2.04. The smallest absolute Gasteiger partial charge is 0.103 e. The second-order valence-corrected chi connectivity index (χ2v) is 3.52. The first-order chi connectivity index (χ1) is 5.83. The van der Waals surface area contributed by atoms with E-state index in [0.717, 1.165) is 14.5 Å². The van der Waals surface area contributed by atoms with Crippen LogP contribution in [0.5, 0.6) is 0 Å². The van der Waals surface area contributed by atoms with E-state index in [9.17, 15) is 0 Å². The summed E-state index contributed by atoms with van der Waals surface area (Å²) in [5, 5.41) is 9.74. The molecule has 0 spiro atoms. The number of nitriles is 1.